The molecule has 2 aromatic rings. The van der Waals surface area contributed by atoms with E-state index in [0.29, 0.717) is 5.92 Å². The van der Waals surface area contributed by atoms with Crippen LogP contribution in [-0.2, 0) is 0 Å². The average molecular weight is 341 g/mol. The fourth-order valence-corrected chi connectivity index (χ4v) is 4.06. The van der Waals surface area contributed by atoms with E-state index in [0.717, 1.165) is 41.3 Å². The Morgan fingerprint density at radius 2 is 1.71 bits per heavy atom. The Morgan fingerprint density at radius 3 is 2.38 bits per heavy atom. The second-order valence-corrected chi connectivity index (χ2v) is 7.40. The number of nitrogens with zero attached hydrogens (tertiary/aromatic N) is 1. The van der Waals surface area contributed by atoms with Crippen LogP contribution in [0.5, 0.6) is 0 Å². The number of likely N-dealkylation sites (tertiary alicyclic amines) is 1. The largest absolute Gasteiger partial charge is 0.393 e. The van der Waals surface area contributed by atoms with Crippen LogP contribution in [0.15, 0.2) is 64.4 Å². The molecule has 3 nitrogen and oxygen atoms in total. The molecular formula is C20H23NO2S. The second kappa shape index (κ2) is 7.86. The number of piperidine rings is 1. The SMILES string of the molecule is CC(O)C1CCN(C(=O)c2ccccc2Sc2ccccc2)CC1. The smallest absolute Gasteiger partial charge is 0.255 e. The van der Waals surface area contributed by atoms with Gasteiger partial charge in [-0.15, -0.1) is 0 Å². The van der Waals surface area contributed by atoms with Crippen molar-refractivity contribution in [1.82, 2.24) is 4.90 Å². The Bertz CT molecular complexity index is 679. The van der Waals surface area contributed by atoms with Crippen molar-refractivity contribution in [3.63, 3.8) is 0 Å². The zero-order chi connectivity index (χ0) is 16.9. The van der Waals surface area contributed by atoms with E-state index < -0.39 is 0 Å². The number of carbonyl (C=O) groups excluding carboxylic acids is 1. The first-order chi connectivity index (χ1) is 11.6. The first kappa shape index (κ1) is 17.1. The Labute approximate surface area is 147 Å². The van der Waals surface area contributed by atoms with Crippen LogP contribution in [0.3, 0.4) is 0 Å². The molecule has 0 saturated carbocycles. The van der Waals surface area contributed by atoms with E-state index in [1.807, 2.05) is 54.3 Å². The van der Waals surface area contributed by atoms with Crippen LogP contribution in [0.2, 0.25) is 0 Å². The fraction of sp³-hybridized carbons (Fsp3) is 0.350. The van der Waals surface area contributed by atoms with Crippen LogP contribution < -0.4 is 0 Å². The van der Waals surface area contributed by atoms with Crippen molar-refractivity contribution >= 4 is 17.7 Å². The van der Waals surface area contributed by atoms with E-state index in [1.165, 1.54) is 0 Å². The lowest BCUT2D eigenvalue weighted by molar-refractivity contribution is 0.0519. The van der Waals surface area contributed by atoms with Gasteiger partial charge in [-0.3, -0.25) is 4.79 Å². The molecule has 1 aliphatic rings. The molecule has 0 bridgehead atoms. The van der Waals surface area contributed by atoms with Crippen molar-refractivity contribution in [2.75, 3.05) is 13.1 Å². The van der Waals surface area contributed by atoms with Gasteiger partial charge >= 0.3 is 0 Å². The first-order valence-corrected chi connectivity index (χ1v) is 9.26. The summed E-state index contributed by atoms with van der Waals surface area (Å²) in [5, 5.41) is 9.72. The van der Waals surface area contributed by atoms with Gasteiger partial charge in [0.25, 0.3) is 5.91 Å². The molecule has 24 heavy (non-hydrogen) atoms. The number of rotatable bonds is 4. The molecule has 0 radical (unpaired) electrons. The average Bonchev–Trinajstić information content (AvgIpc) is 2.62. The van der Waals surface area contributed by atoms with Gasteiger partial charge in [-0.25, -0.2) is 0 Å². The molecular weight excluding hydrogens is 318 g/mol. The summed E-state index contributed by atoms with van der Waals surface area (Å²) < 4.78 is 0. The number of benzene rings is 2. The van der Waals surface area contributed by atoms with Gasteiger partial charge in [-0.2, -0.15) is 0 Å². The highest BCUT2D eigenvalue weighted by molar-refractivity contribution is 7.99. The Hall–Kier alpha value is -1.78. The molecule has 0 aromatic heterocycles. The summed E-state index contributed by atoms with van der Waals surface area (Å²) >= 11 is 1.62. The van der Waals surface area contributed by atoms with Gasteiger partial charge < -0.3 is 10.0 Å². The molecule has 1 heterocycles. The van der Waals surface area contributed by atoms with Gasteiger partial charge in [0.1, 0.15) is 0 Å². The summed E-state index contributed by atoms with van der Waals surface area (Å²) in [6.07, 6.45) is 1.46. The van der Waals surface area contributed by atoms with Crippen molar-refractivity contribution in [1.29, 1.82) is 0 Å². The van der Waals surface area contributed by atoms with Gasteiger partial charge in [0.15, 0.2) is 0 Å². The summed E-state index contributed by atoms with van der Waals surface area (Å²) in [5.74, 6) is 0.404. The molecule has 2 aromatic carbocycles. The molecule has 126 valence electrons. The molecule has 1 unspecified atom stereocenters. The van der Waals surface area contributed by atoms with Gasteiger partial charge in [-0.05, 0) is 49.9 Å². The number of amides is 1. The number of carbonyl (C=O) groups is 1. The third-order valence-corrected chi connectivity index (χ3v) is 5.68. The zero-order valence-corrected chi connectivity index (χ0v) is 14.7. The Morgan fingerprint density at radius 1 is 1.08 bits per heavy atom. The van der Waals surface area contributed by atoms with E-state index in [1.54, 1.807) is 11.8 Å². The predicted octanol–water partition coefficient (Wildman–Crippen LogP) is 4.07. The van der Waals surface area contributed by atoms with E-state index in [9.17, 15) is 9.90 Å². The van der Waals surface area contributed by atoms with Crippen LogP contribution in [0.1, 0.15) is 30.1 Å². The minimum absolute atomic E-state index is 0.0954. The van der Waals surface area contributed by atoms with E-state index in [4.69, 9.17) is 0 Å². The van der Waals surface area contributed by atoms with Crippen molar-refractivity contribution in [2.45, 2.75) is 35.7 Å². The molecule has 1 amide bonds. The van der Waals surface area contributed by atoms with Gasteiger partial charge in [-0.1, -0.05) is 42.1 Å². The van der Waals surface area contributed by atoms with Crippen molar-refractivity contribution in [3.05, 3.63) is 60.2 Å². The molecule has 1 atom stereocenters. The lowest BCUT2D eigenvalue weighted by Gasteiger charge is -2.33. The fourth-order valence-electron chi connectivity index (χ4n) is 3.10. The summed E-state index contributed by atoms with van der Waals surface area (Å²) in [6, 6.07) is 17.9. The topological polar surface area (TPSA) is 40.5 Å². The highest BCUT2D eigenvalue weighted by atomic mass is 32.2. The Balaban J connectivity index is 1.74. The summed E-state index contributed by atoms with van der Waals surface area (Å²) in [7, 11) is 0. The van der Waals surface area contributed by atoms with E-state index in [2.05, 4.69) is 12.1 Å². The van der Waals surface area contributed by atoms with Crippen molar-refractivity contribution < 1.29 is 9.90 Å². The molecule has 1 aliphatic heterocycles. The predicted molar refractivity (Wildman–Crippen MR) is 97.3 cm³/mol. The molecule has 1 fully saturated rings. The van der Waals surface area contributed by atoms with E-state index in [-0.39, 0.29) is 12.0 Å². The van der Waals surface area contributed by atoms with Gasteiger partial charge in [0.05, 0.1) is 11.7 Å². The zero-order valence-electron chi connectivity index (χ0n) is 13.9. The van der Waals surface area contributed by atoms with Crippen molar-refractivity contribution in [3.8, 4) is 0 Å². The highest BCUT2D eigenvalue weighted by Crippen LogP contribution is 2.31. The normalized spacial score (nSPS) is 16.8. The number of aliphatic hydroxyl groups excluding tert-OH is 1. The van der Waals surface area contributed by atoms with Crippen LogP contribution in [-0.4, -0.2) is 35.1 Å². The molecule has 3 rings (SSSR count). The van der Waals surface area contributed by atoms with Crippen LogP contribution in [0.25, 0.3) is 0 Å². The van der Waals surface area contributed by atoms with Crippen LogP contribution in [0.4, 0.5) is 0 Å². The third-order valence-electron chi connectivity index (χ3n) is 4.60. The van der Waals surface area contributed by atoms with Gasteiger partial charge in [0, 0.05) is 22.9 Å². The monoisotopic (exact) mass is 341 g/mol. The summed E-state index contributed by atoms with van der Waals surface area (Å²) in [6.45, 7) is 3.28. The quantitative estimate of drug-likeness (QED) is 0.911. The molecule has 4 heteroatoms. The molecule has 1 N–H and O–H groups in total. The lowest BCUT2D eigenvalue weighted by Crippen LogP contribution is -2.40. The maximum atomic E-state index is 12.9. The minimum Gasteiger partial charge on any atom is -0.393 e. The second-order valence-electron chi connectivity index (χ2n) is 6.28. The maximum absolute atomic E-state index is 12.9. The summed E-state index contributed by atoms with van der Waals surface area (Å²) in [4.78, 5) is 17.0. The van der Waals surface area contributed by atoms with E-state index >= 15 is 0 Å². The standard InChI is InChI=1S/C20H23NO2S/c1-15(22)16-11-13-21(14-12-16)20(23)18-9-5-6-10-19(18)24-17-7-3-2-4-8-17/h2-10,15-16,22H,11-14H2,1H3. The maximum Gasteiger partial charge on any atom is 0.255 e. The third kappa shape index (κ3) is 4.00. The van der Waals surface area contributed by atoms with Crippen LogP contribution in [0, 0.1) is 5.92 Å². The number of hydrogen-bond donors (Lipinski definition) is 1. The molecule has 0 aliphatic carbocycles. The molecule has 0 spiro atoms. The first-order valence-electron chi connectivity index (χ1n) is 8.44. The highest BCUT2D eigenvalue weighted by Gasteiger charge is 2.27. The van der Waals surface area contributed by atoms with Crippen LogP contribution >= 0.6 is 11.8 Å². The van der Waals surface area contributed by atoms with Gasteiger partial charge in [0.2, 0.25) is 0 Å². The number of aliphatic hydroxyl groups is 1. The minimum atomic E-state index is -0.289. The number of hydrogen-bond acceptors (Lipinski definition) is 3. The lowest BCUT2D eigenvalue weighted by atomic mass is 9.92. The summed E-state index contributed by atoms with van der Waals surface area (Å²) in [5.41, 5.74) is 0.766. The Kier molecular flexibility index (Phi) is 5.59. The van der Waals surface area contributed by atoms with Crippen molar-refractivity contribution in [2.24, 2.45) is 5.92 Å². The molecule has 1 saturated heterocycles.